The van der Waals surface area contributed by atoms with Gasteiger partial charge in [-0.3, -0.25) is 4.57 Å². The monoisotopic (exact) mass is 453 g/mol. The van der Waals surface area contributed by atoms with Crippen LogP contribution < -0.4 is 5.30 Å². The Bertz CT molecular complexity index is 1510. The summed E-state index contributed by atoms with van der Waals surface area (Å²) in [6.45, 7) is 1.52. The van der Waals surface area contributed by atoms with Crippen LogP contribution in [0.25, 0.3) is 22.4 Å². The molecule has 0 aliphatic rings. The molecule has 4 aromatic heterocycles. The molecule has 5 rings (SSSR count). The van der Waals surface area contributed by atoms with Crippen LogP contribution >= 0.6 is 7.37 Å². The van der Waals surface area contributed by atoms with E-state index in [1.165, 1.54) is 26.0 Å². The van der Waals surface area contributed by atoms with E-state index in [-0.39, 0.29) is 11.2 Å². The summed E-state index contributed by atoms with van der Waals surface area (Å²) >= 11 is 0. The van der Waals surface area contributed by atoms with Crippen LogP contribution in [0.1, 0.15) is 11.4 Å². The first-order valence-corrected chi connectivity index (χ1v) is 11.8. The van der Waals surface area contributed by atoms with Crippen LogP contribution in [0, 0.1) is 0 Å². The Kier molecular flexibility index (Phi) is 4.69. The molecule has 4 heterocycles. The van der Waals surface area contributed by atoms with Gasteiger partial charge >= 0.3 is 5.92 Å². The summed E-state index contributed by atoms with van der Waals surface area (Å²) in [5, 5.41) is 12.5. The molecule has 0 saturated heterocycles. The van der Waals surface area contributed by atoms with Gasteiger partial charge in [-0.2, -0.15) is 18.4 Å². The van der Waals surface area contributed by atoms with E-state index in [1.54, 1.807) is 59.1 Å². The molecule has 10 heteroatoms. The van der Waals surface area contributed by atoms with Gasteiger partial charge in [0.25, 0.3) is 0 Å². The van der Waals surface area contributed by atoms with Gasteiger partial charge in [0.2, 0.25) is 13.2 Å². The van der Waals surface area contributed by atoms with Crippen LogP contribution in [-0.4, -0.2) is 38.0 Å². The summed E-state index contributed by atoms with van der Waals surface area (Å²) < 4.78 is 51.3. The molecule has 0 radical (unpaired) electrons. The molecule has 0 spiro atoms. The Morgan fingerprint density at radius 2 is 1.88 bits per heavy atom. The highest BCUT2D eigenvalue weighted by molar-refractivity contribution is 7.66. The van der Waals surface area contributed by atoms with Crippen molar-refractivity contribution in [2.24, 2.45) is 0 Å². The summed E-state index contributed by atoms with van der Waals surface area (Å²) in [7, 11) is -1.60. The molecule has 32 heavy (non-hydrogen) atoms. The zero-order valence-electron chi connectivity index (χ0n) is 17.2. The van der Waals surface area contributed by atoms with E-state index in [0.717, 1.165) is 10.0 Å². The second-order valence-corrected chi connectivity index (χ2v) is 10.00. The van der Waals surface area contributed by atoms with Gasteiger partial charge in [-0.15, -0.1) is 10.2 Å². The number of benzene rings is 1. The van der Waals surface area contributed by atoms with Gasteiger partial charge in [-0.1, -0.05) is 12.1 Å². The standard InChI is InChI=1S/C22H18F2N5O2P/c1-31-32(2,30)18-7-3-5-15(13-18)19-10-11-20-25-26-21(29(20)27-19)22(23,24)16-8-9-17-6-4-12-28(17)14-16/h3-14H,1-2H3. The summed E-state index contributed by atoms with van der Waals surface area (Å²) in [5.74, 6) is -4.02. The quantitative estimate of drug-likeness (QED) is 0.370. The van der Waals surface area contributed by atoms with Gasteiger partial charge in [0.15, 0.2) is 5.65 Å². The predicted octanol–water partition coefficient (Wildman–Crippen LogP) is 4.36. The molecule has 1 unspecified atom stereocenters. The van der Waals surface area contributed by atoms with E-state index in [0.29, 0.717) is 16.6 Å². The van der Waals surface area contributed by atoms with Crippen LogP contribution in [0.4, 0.5) is 8.78 Å². The van der Waals surface area contributed by atoms with Gasteiger partial charge in [-0.25, -0.2) is 0 Å². The van der Waals surface area contributed by atoms with Crippen LogP contribution in [-0.2, 0) is 15.0 Å². The number of halogens is 2. The lowest BCUT2D eigenvalue weighted by molar-refractivity contribution is 0.0302. The minimum absolute atomic E-state index is 0.194. The van der Waals surface area contributed by atoms with Crippen molar-refractivity contribution in [1.29, 1.82) is 0 Å². The zero-order chi connectivity index (χ0) is 22.5. The lowest BCUT2D eigenvalue weighted by atomic mass is 10.1. The molecule has 0 fully saturated rings. The van der Waals surface area contributed by atoms with E-state index in [1.807, 2.05) is 6.07 Å². The average Bonchev–Trinajstić information content (AvgIpc) is 3.45. The maximum atomic E-state index is 15.5. The van der Waals surface area contributed by atoms with Crippen molar-refractivity contribution in [3.05, 3.63) is 84.4 Å². The molecule has 0 saturated carbocycles. The molecule has 0 bridgehead atoms. The fourth-order valence-corrected chi connectivity index (χ4v) is 4.45. The lowest BCUT2D eigenvalue weighted by Crippen LogP contribution is -2.21. The van der Waals surface area contributed by atoms with Crippen molar-refractivity contribution in [3.8, 4) is 11.3 Å². The van der Waals surface area contributed by atoms with Gasteiger partial charge in [-0.05, 0) is 48.5 Å². The third-order valence-corrected chi connectivity index (χ3v) is 7.30. The minimum Gasteiger partial charge on any atom is -0.329 e. The summed E-state index contributed by atoms with van der Waals surface area (Å²) in [4.78, 5) is 0. The molecule has 1 aromatic carbocycles. The maximum Gasteiger partial charge on any atom is 0.335 e. The Morgan fingerprint density at radius 1 is 1.03 bits per heavy atom. The Labute approximate surface area is 181 Å². The van der Waals surface area contributed by atoms with Crippen molar-refractivity contribution >= 4 is 23.8 Å². The number of fused-ring (bicyclic) bond motifs is 2. The van der Waals surface area contributed by atoms with Gasteiger partial charge in [0.1, 0.15) is 0 Å². The Balaban J connectivity index is 1.61. The molecular weight excluding hydrogens is 435 g/mol. The average molecular weight is 453 g/mol. The molecular formula is C22H18F2N5O2P. The second kappa shape index (κ2) is 7.32. The first kappa shape index (κ1) is 20.5. The molecule has 0 amide bonds. The fourth-order valence-electron chi connectivity index (χ4n) is 3.51. The third-order valence-electron chi connectivity index (χ3n) is 5.39. The van der Waals surface area contributed by atoms with Crippen molar-refractivity contribution in [2.75, 3.05) is 13.8 Å². The molecule has 162 valence electrons. The normalized spacial score (nSPS) is 14.1. The molecule has 5 aromatic rings. The summed E-state index contributed by atoms with van der Waals surface area (Å²) in [6.07, 6.45) is 3.07. The SMILES string of the molecule is COP(C)(=O)c1cccc(-c2ccc3nnc(C(F)(F)c4ccc5cccn5c4)n3n2)c1. The fraction of sp³-hybridized carbons (Fsp3) is 0.136. The molecule has 0 aliphatic heterocycles. The predicted molar refractivity (Wildman–Crippen MR) is 117 cm³/mol. The largest absolute Gasteiger partial charge is 0.335 e. The van der Waals surface area contributed by atoms with Crippen LogP contribution in [0.3, 0.4) is 0 Å². The van der Waals surface area contributed by atoms with Crippen LogP contribution in [0.2, 0.25) is 0 Å². The van der Waals surface area contributed by atoms with Crippen molar-refractivity contribution in [1.82, 2.24) is 24.2 Å². The first-order valence-electron chi connectivity index (χ1n) is 9.72. The zero-order valence-corrected chi connectivity index (χ0v) is 18.1. The molecule has 0 N–H and O–H groups in total. The number of hydrogen-bond donors (Lipinski definition) is 0. The molecule has 1 atom stereocenters. The molecule has 0 aliphatic carbocycles. The smallest absolute Gasteiger partial charge is 0.329 e. The van der Waals surface area contributed by atoms with Gasteiger partial charge < -0.3 is 8.92 Å². The number of hydrogen-bond acceptors (Lipinski definition) is 5. The highest BCUT2D eigenvalue weighted by Gasteiger charge is 2.40. The second-order valence-electron chi connectivity index (χ2n) is 7.42. The maximum absolute atomic E-state index is 15.5. The third kappa shape index (κ3) is 3.30. The number of rotatable bonds is 5. The summed E-state index contributed by atoms with van der Waals surface area (Å²) in [5.41, 5.74) is 1.80. The highest BCUT2D eigenvalue weighted by Crippen LogP contribution is 2.40. The van der Waals surface area contributed by atoms with Crippen molar-refractivity contribution in [3.63, 3.8) is 0 Å². The van der Waals surface area contributed by atoms with Gasteiger partial charge in [0.05, 0.1) is 5.69 Å². The minimum atomic E-state index is -3.43. The van der Waals surface area contributed by atoms with E-state index >= 15 is 8.78 Å². The number of pyridine rings is 1. The van der Waals surface area contributed by atoms with Crippen LogP contribution in [0.15, 0.2) is 73.1 Å². The first-order chi connectivity index (χ1) is 15.3. The Hall–Kier alpha value is -3.42. The number of aromatic nitrogens is 5. The molecule has 7 nitrogen and oxygen atoms in total. The number of nitrogens with zero attached hydrogens (tertiary/aromatic N) is 5. The lowest BCUT2D eigenvalue weighted by Gasteiger charge is -2.15. The van der Waals surface area contributed by atoms with Crippen molar-refractivity contribution < 1.29 is 17.9 Å². The van der Waals surface area contributed by atoms with Crippen molar-refractivity contribution in [2.45, 2.75) is 5.92 Å². The van der Waals surface area contributed by atoms with Gasteiger partial charge in [0, 0.05) is 48.1 Å². The summed E-state index contributed by atoms with van der Waals surface area (Å²) in [6, 6.07) is 16.7. The van der Waals surface area contributed by atoms with E-state index in [9.17, 15) is 4.57 Å². The van der Waals surface area contributed by atoms with Crippen LogP contribution in [0.5, 0.6) is 0 Å². The number of alkyl halides is 2. The van der Waals surface area contributed by atoms with E-state index in [4.69, 9.17) is 4.52 Å². The van der Waals surface area contributed by atoms with E-state index < -0.39 is 19.1 Å². The highest BCUT2D eigenvalue weighted by atomic mass is 31.2. The Morgan fingerprint density at radius 3 is 2.69 bits per heavy atom. The van der Waals surface area contributed by atoms with E-state index in [2.05, 4.69) is 15.3 Å². The topological polar surface area (TPSA) is 73.8 Å².